The van der Waals surface area contributed by atoms with Gasteiger partial charge in [-0.2, -0.15) is 0 Å². The fourth-order valence-corrected chi connectivity index (χ4v) is 8.04. The average molecular weight is 515 g/mol. The quantitative estimate of drug-likeness (QED) is 0.269. The van der Waals surface area contributed by atoms with Gasteiger partial charge in [-0.15, -0.1) is 0 Å². The van der Waals surface area contributed by atoms with Crippen molar-refractivity contribution in [3.8, 4) is 0 Å². The fourth-order valence-electron chi connectivity index (χ4n) is 8.04. The Balaban J connectivity index is 2.06. The number of fused-ring (bicyclic) bond motifs is 3. The summed E-state index contributed by atoms with van der Waals surface area (Å²) in [5.74, 6) is -2.76. The fraction of sp³-hybridized carbons (Fsp3) is 0.677. The van der Waals surface area contributed by atoms with Crippen LogP contribution in [0.15, 0.2) is 46.6 Å². The largest absolute Gasteiger partial charge is 0.481 e. The Morgan fingerprint density at radius 1 is 1.08 bits per heavy atom. The minimum Gasteiger partial charge on any atom is -0.481 e. The molecular formula is C31H46O6. The monoisotopic (exact) mass is 514 g/mol. The van der Waals surface area contributed by atoms with Crippen LogP contribution < -0.4 is 0 Å². The highest BCUT2D eigenvalue weighted by atomic mass is 16.4. The molecule has 7 atom stereocenters. The Morgan fingerprint density at radius 2 is 1.73 bits per heavy atom. The number of carboxylic acid groups (broad SMARTS) is 2. The number of hydrogen-bond donors (Lipinski definition) is 4. The summed E-state index contributed by atoms with van der Waals surface area (Å²) in [5, 5.41) is 41.0. The normalized spacial score (nSPS) is 35.5. The van der Waals surface area contributed by atoms with Gasteiger partial charge >= 0.3 is 11.9 Å². The van der Waals surface area contributed by atoms with E-state index in [9.17, 15) is 30.0 Å². The van der Waals surface area contributed by atoms with E-state index in [0.717, 1.165) is 34.3 Å². The van der Waals surface area contributed by atoms with Gasteiger partial charge in [-0.3, -0.25) is 9.59 Å². The van der Waals surface area contributed by atoms with Gasteiger partial charge in [0.2, 0.25) is 0 Å². The van der Waals surface area contributed by atoms with E-state index < -0.39 is 40.7 Å². The molecule has 1 fully saturated rings. The van der Waals surface area contributed by atoms with Gasteiger partial charge in [-0.1, -0.05) is 50.6 Å². The lowest BCUT2D eigenvalue weighted by molar-refractivity contribution is -0.148. The predicted octanol–water partition coefficient (Wildman–Crippen LogP) is 5.91. The maximum absolute atomic E-state index is 12.6. The number of aliphatic hydroxyl groups excluding tert-OH is 2. The van der Waals surface area contributed by atoms with Gasteiger partial charge in [0, 0.05) is 17.8 Å². The van der Waals surface area contributed by atoms with Crippen molar-refractivity contribution in [2.24, 2.45) is 34.0 Å². The first-order chi connectivity index (χ1) is 17.1. The van der Waals surface area contributed by atoms with Gasteiger partial charge in [-0.05, 0) is 92.8 Å². The van der Waals surface area contributed by atoms with Crippen molar-refractivity contribution in [3.05, 3.63) is 46.6 Å². The molecule has 7 unspecified atom stereocenters. The van der Waals surface area contributed by atoms with Crippen molar-refractivity contribution in [1.29, 1.82) is 0 Å². The topological polar surface area (TPSA) is 115 Å². The van der Waals surface area contributed by atoms with Crippen LogP contribution in [0.1, 0.15) is 86.5 Å². The summed E-state index contributed by atoms with van der Waals surface area (Å²) >= 11 is 0. The molecule has 37 heavy (non-hydrogen) atoms. The van der Waals surface area contributed by atoms with Gasteiger partial charge in [0.1, 0.15) is 0 Å². The number of carbonyl (C=O) groups is 2. The molecule has 0 saturated heterocycles. The van der Waals surface area contributed by atoms with Crippen LogP contribution >= 0.6 is 0 Å². The molecule has 0 bridgehead atoms. The van der Waals surface area contributed by atoms with Crippen LogP contribution in [-0.4, -0.2) is 45.1 Å². The third-order valence-corrected chi connectivity index (χ3v) is 10.4. The number of aliphatic hydroxyl groups is 2. The number of rotatable bonds is 10. The zero-order chi connectivity index (χ0) is 27.9. The summed E-state index contributed by atoms with van der Waals surface area (Å²) in [5.41, 5.74) is 3.91. The molecule has 3 aliphatic rings. The predicted molar refractivity (Wildman–Crippen MR) is 145 cm³/mol. The highest BCUT2D eigenvalue weighted by molar-refractivity contribution is 5.71. The molecule has 4 N–H and O–H groups in total. The number of aliphatic carboxylic acids is 2. The number of allylic oxidation sites excluding steroid dienone is 6. The molecule has 0 aromatic heterocycles. The molecule has 0 spiro atoms. The Hall–Kier alpha value is -2.18. The first-order valence-electron chi connectivity index (χ1n) is 13.6. The average Bonchev–Trinajstić information content (AvgIpc) is 3.00. The smallest absolute Gasteiger partial charge is 0.306 e. The lowest BCUT2D eigenvalue weighted by Gasteiger charge is -2.56. The SMILES string of the molecule is C=C(C)C1CC=C2C(=CCC3(C)C(C(CCC(CO)=C(C)C)C(=O)O)C(O)CC23C)C1(C)CCC(=O)O. The Bertz CT molecular complexity index is 1050. The molecule has 0 aromatic rings. The van der Waals surface area contributed by atoms with E-state index in [-0.39, 0.29) is 24.4 Å². The molecule has 6 nitrogen and oxygen atoms in total. The first-order valence-corrected chi connectivity index (χ1v) is 13.6. The summed E-state index contributed by atoms with van der Waals surface area (Å²) in [4.78, 5) is 24.1. The van der Waals surface area contributed by atoms with Crippen LogP contribution in [0.2, 0.25) is 0 Å². The van der Waals surface area contributed by atoms with Gasteiger partial charge in [0.15, 0.2) is 0 Å². The molecule has 0 aromatic carbocycles. The van der Waals surface area contributed by atoms with E-state index in [1.54, 1.807) is 0 Å². The third-order valence-electron chi connectivity index (χ3n) is 10.4. The molecule has 0 aliphatic heterocycles. The van der Waals surface area contributed by atoms with Crippen LogP contribution in [0, 0.1) is 34.0 Å². The first kappa shape index (κ1) is 29.4. The highest BCUT2D eigenvalue weighted by Gasteiger charge is 2.65. The van der Waals surface area contributed by atoms with Gasteiger partial charge < -0.3 is 20.4 Å². The standard InChI is InChI=1S/C31H46O6/c1-18(2)20(17-32)8-9-21(28(36)37)27-25(33)16-31(7)24-11-10-22(19(3)4)29(5,14-13-26(34)35)23(24)12-15-30(27,31)6/h11-12,21-22,25,27,32-33H,3,8-10,13-17H2,1-2,4-7H3,(H,34,35)(H,36,37). The maximum Gasteiger partial charge on any atom is 0.306 e. The Kier molecular flexibility index (Phi) is 8.36. The molecule has 0 amide bonds. The number of carboxylic acids is 2. The molecule has 3 aliphatic carbocycles. The lowest BCUT2D eigenvalue weighted by atomic mass is 9.48. The summed E-state index contributed by atoms with van der Waals surface area (Å²) in [6.07, 6.45) is 7.00. The molecule has 6 heteroatoms. The van der Waals surface area contributed by atoms with E-state index in [0.29, 0.717) is 32.1 Å². The van der Waals surface area contributed by atoms with Crippen LogP contribution in [0.25, 0.3) is 0 Å². The maximum atomic E-state index is 12.6. The molecule has 1 saturated carbocycles. The molecule has 0 heterocycles. The van der Waals surface area contributed by atoms with Crippen LogP contribution in [-0.2, 0) is 9.59 Å². The minimum atomic E-state index is -0.901. The van der Waals surface area contributed by atoms with Crippen molar-refractivity contribution < 1.29 is 30.0 Å². The molecule has 0 radical (unpaired) electrons. The van der Waals surface area contributed by atoms with E-state index in [1.807, 2.05) is 20.8 Å². The van der Waals surface area contributed by atoms with Crippen LogP contribution in [0.5, 0.6) is 0 Å². The lowest BCUT2D eigenvalue weighted by Crippen LogP contribution is -2.48. The minimum absolute atomic E-state index is 0.0722. The van der Waals surface area contributed by atoms with Crippen molar-refractivity contribution in [2.45, 2.75) is 92.6 Å². The van der Waals surface area contributed by atoms with Crippen molar-refractivity contribution in [2.75, 3.05) is 6.61 Å². The van der Waals surface area contributed by atoms with E-state index >= 15 is 0 Å². The second-order valence-electron chi connectivity index (χ2n) is 12.7. The Labute approximate surface area is 221 Å². The second kappa shape index (κ2) is 10.5. The summed E-state index contributed by atoms with van der Waals surface area (Å²) in [6, 6.07) is 0. The highest BCUT2D eigenvalue weighted by Crippen LogP contribution is 2.70. The molecule has 3 rings (SSSR count). The summed E-state index contributed by atoms with van der Waals surface area (Å²) in [7, 11) is 0. The second-order valence-corrected chi connectivity index (χ2v) is 12.7. The van der Waals surface area contributed by atoms with Crippen molar-refractivity contribution >= 4 is 11.9 Å². The summed E-state index contributed by atoms with van der Waals surface area (Å²) < 4.78 is 0. The van der Waals surface area contributed by atoms with Gasteiger partial charge in [0.25, 0.3) is 0 Å². The molecular weight excluding hydrogens is 468 g/mol. The zero-order valence-corrected chi connectivity index (χ0v) is 23.4. The molecule has 206 valence electrons. The zero-order valence-electron chi connectivity index (χ0n) is 23.4. The van der Waals surface area contributed by atoms with E-state index in [2.05, 4.69) is 39.5 Å². The van der Waals surface area contributed by atoms with Crippen LogP contribution in [0.3, 0.4) is 0 Å². The summed E-state index contributed by atoms with van der Waals surface area (Å²) in [6.45, 7) is 16.4. The van der Waals surface area contributed by atoms with Crippen molar-refractivity contribution in [1.82, 2.24) is 0 Å². The Morgan fingerprint density at radius 3 is 2.24 bits per heavy atom. The van der Waals surface area contributed by atoms with Gasteiger partial charge in [0.05, 0.1) is 18.6 Å². The third kappa shape index (κ3) is 4.87. The van der Waals surface area contributed by atoms with Gasteiger partial charge in [-0.25, -0.2) is 0 Å². The number of hydrogen-bond acceptors (Lipinski definition) is 4. The van der Waals surface area contributed by atoms with Crippen LogP contribution in [0.4, 0.5) is 0 Å². The van der Waals surface area contributed by atoms with E-state index in [4.69, 9.17) is 0 Å². The van der Waals surface area contributed by atoms with Crippen molar-refractivity contribution in [3.63, 3.8) is 0 Å². The van der Waals surface area contributed by atoms with E-state index in [1.165, 1.54) is 0 Å².